The molecule has 47 heavy (non-hydrogen) atoms. The zero-order valence-electron chi connectivity index (χ0n) is 28.0. The number of aryl methyl sites for hydroxylation is 1. The number of nitrogens with one attached hydrogen (secondary N) is 2. The van der Waals surface area contributed by atoms with Crippen molar-refractivity contribution in [2.24, 2.45) is 0 Å². The fourth-order valence-electron chi connectivity index (χ4n) is 6.42. The number of benzene rings is 1. The van der Waals surface area contributed by atoms with E-state index >= 15 is 0 Å². The highest BCUT2D eigenvalue weighted by Gasteiger charge is 2.28. The van der Waals surface area contributed by atoms with Crippen molar-refractivity contribution in [2.45, 2.75) is 32.2 Å². The Kier molecular flexibility index (Phi) is 10.2. The van der Waals surface area contributed by atoms with Crippen LogP contribution in [0.1, 0.15) is 30.9 Å². The number of hydrogen-bond donors (Lipinski definition) is 2. The molecule has 0 saturated carbocycles. The van der Waals surface area contributed by atoms with Gasteiger partial charge in [0.05, 0.1) is 24.0 Å². The summed E-state index contributed by atoms with van der Waals surface area (Å²) in [5, 5.41) is 6.90. The topological polar surface area (TPSA) is 111 Å². The van der Waals surface area contributed by atoms with Gasteiger partial charge in [0.1, 0.15) is 22.8 Å². The van der Waals surface area contributed by atoms with Crippen LogP contribution in [0.5, 0.6) is 5.88 Å². The zero-order chi connectivity index (χ0) is 32.9. The molecule has 248 valence electrons. The zero-order valence-corrected chi connectivity index (χ0v) is 28.8. The molecule has 0 amide bonds. The molecule has 0 atom stereocenters. The molecule has 0 spiro atoms. The Hall–Kier alpha value is -4.20. The van der Waals surface area contributed by atoms with Crippen molar-refractivity contribution in [1.29, 1.82) is 0 Å². The Morgan fingerprint density at radius 3 is 2.49 bits per heavy atom. The minimum absolute atomic E-state index is 0.418. The molecule has 2 fully saturated rings. The fraction of sp³-hybridized carbons (Fsp3) is 0.441. The van der Waals surface area contributed by atoms with Gasteiger partial charge in [0.2, 0.25) is 11.8 Å². The highest BCUT2D eigenvalue weighted by Crippen LogP contribution is 2.38. The second-order valence-electron chi connectivity index (χ2n) is 12.0. The van der Waals surface area contributed by atoms with Crippen LogP contribution in [-0.4, -0.2) is 107 Å². The van der Waals surface area contributed by atoms with Crippen LogP contribution in [0.15, 0.2) is 43.4 Å². The summed E-state index contributed by atoms with van der Waals surface area (Å²) in [6, 6.07) is 6.72. The first-order chi connectivity index (χ1) is 22.9. The predicted octanol–water partition coefficient (Wildman–Crippen LogP) is 5.45. The first-order valence-electron chi connectivity index (χ1n) is 16.2. The summed E-state index contributed by atoms with van der Waals surface area (Å²) >= 11 is 1.59. The van der Waals surface area contributed by atoms with Gasteiger partial charge in [0.15, 0.2) is 0 Å². The molecule has 0 bridgehead atoms. The summed E-state index contributed by atoms with van der Waals surface area (Å²) in [7, 11) is 5.87. The van der Waals surface area contributed by atoms with E-state index in [0.29, 0.717) is 23.7 Å². The van der Waals surface area contributed by atoms with Crippen LogP contribution in [0.25, 0.3) is 17.1 Å². The molecule has 13 heteroatoms. The predicted molar refractivity (Wildman–Crippen MR) is 195 cm³/mol. The maximum absolute atomic E-state index is 5.82. The number of ether oxygens (including phenoxy) is 1. The van der Waals surface area contributed by atoms with Gasteiger partial charge in [-0.3, -0.25) is 14.9 Å². The van der Waals surface area contributed by atoms with E-state index in [1.54, 1.807) is 43.7 Å². The number of rotatable bonds is 11. The molecular weight excluding hydrogens is 611 g/mol. The number of nitrogens with zero attached hydrogens (tertiary/aromatic N) is 9. The number of pyridine rings is 1. The summed E-state index contributed by atoms with van der Waals surface area (Å²) in [6.45, 7) is 12.8. The lowest BCUT2D eigenvalue weighted by molar-refractivity contribution is 0.0981. The fourth-order valence-corrected chi connectivity index (χ4v) is 6.79. The van der Waals surface area contributed by atoms with Gasteiger partial charge in [-0.1, -0.05) is 31.5 Å². The van der Waals surface area contributed by atoms with E-state index in [4.69, 9.17) is 14.7 Å². The van der Waals surface area contributed by atoms with Gasteiger partial charge in [0.25, 0.3) is 0 Å². The Morgan fingerprint density at radius 1 is 1.02 bits per heavy atom. The lowest BCUT2D eigenvalue weighted by atomic mass is 10.0. The standard InChI is InChI=1S/C34H45N11OS/c1-7-23-21-28(33(46-5)41-32(23)45-15-11-25(12-16-45)44-19-17-42(3)18-20-44)39-34-37-22-24(8-2)31(40-34)38-27-10-9-26-29(36-14-13-35-26)30(27)43(4)47-6/h8-10,13-14,21-22,25H,2,7,11-12,15-20H2,1,3-6H3,(H2,37,38,39,40). The first-order valence-corrected chi connectivity index (χ1v) is 17.4. The van der Waals surface area contributed by atoms with Crippen molar-refractivity contribution in [3.8, 4) is 5.88 Å². The lowest BCUT2D eigenvalue weighted by Gasteiger charge is -2.42. The maximum atomic E-state index is 5.82. The van der Waals surface area contributed by atoms with Gasteiger partial charge in [-0.2, -0.15) is 9.97 Å². The van der Waals surface area contributed by atoms with Crippen molar-refractivity contribution >= 4 is 63.7 Å². The van der Waals surface area contributed by atoms with Gasteiger partial charge in [-0.15, -0.1) is 0 Å². The number of aromatic nitrogens is 5. The average Bonchev–Trinajstić information content (AvgIpc) is 3.11. The summed E-state index contributed by atoms with van der Waals surface area (Å²) in [6.07, 6.45) is 12.1. The number of methoxy groups -OCH3 is 1. The second kappa shape index (κ2) is 14.7. The molecule has 0 unspecified atom stereocenters. The SMILES string of the molecule is C=Cc1cnc(Nc2cc(CC)c(N3CCC(N4CCN(C)CC4)CC3)nc2OC)nc1Nc1ccc2nccnc2c1N(C)SC. The molecule has 2 aliphatic rings. The Bertz CT molecular complexity index is 1700. The van der Waals surface area contributed by atoms with E-state index in [1.807, 2.05) is 25.4 Å². The molecular formula is C34H45N11OS. The minimum Gasteiger partial charge on any atom is -0.479 e. The Balaban J connectivity index is 1.24. The molecule has 5 heterocycles. The van der Waals surface area contributed by atoms with Crippen LogP contribution in [-0.2, 0) is 6.42 Å². The van der Waals surface area contributed by atoms with Crippen LogP contribution < -0.4 is 24.6 Å². The minimum atomic E-state index is 0.418. The lowest BCUT2D eigenvalue weighted by Crippen LogP contribution is -2.52. The molecule has 2 saturated heterocycles. The summed E-state index contributed by atoms with van der Waals surface area (Å²) in [5.74, 6) is 2.54. The molecule has 6 rings (SSSR count). The van der Waals surface area contributed by atoms with E-state index in [2.05, 4.69) is 71.2 Å². The summed E-state index contributed by atoms with van der Waals surface area (Å²) < 4.78 is 7.88. The van der Waals surface area contributed by atoms with Crippen LogP contribution in [0, 0.1) is 0 Å². The highest BCUT2D eigenvalue weighted by molar-refractivity contribution is 7.99. The van der Waals surface area contributed by atoms with Crippen LogP contribution in [0.2, 0.25) is 0 Å². The van der Waals surface area contributed by atoms with Crippen LogP contribution in [0.3, 0.4) is 0 Å². The Labute approximate surface area is 281 Å². The van der Waals surface area contributed by atoms with Crippen molar-refractivity contribution in [3.63, 3.8) is 0 Å². The summed E-state index contributed by atoms with van der Waals surface area (Å²) in [5.41, 5.74) is 6.02. The normalized spacial score (nSPS) is 16.3. The van der Waals surface area contributed by atoms with E-state index in [-0.39, 0.29) is 0 Å². The number of fused-ring (bicyclic) bond motifs is 1. The van der Waals surface area contributed by atoms with Crippen LogP contribution in [0.4, 0.5) is 34.6 Å². The maximum Gasteiger partial charge on any atom is 0.239 e. The first kappa shape index (κ1) is 32.7. The smallest absolute Gasteiger partial charge is 0.239 e. The van der Waals surface area contributed by atoms with Crippen molar-refractivity contribution < 1.29 is 4.74 Å². The van der Waals surface area contributed by atoms with Gasteiger partial charge in [-0.25, -0.2) is 4.98 Å². The number of anilines is 6. The monoisotopic (exact) mass is 655 g/mol. The van der Waals surface area contributed by atoms with E-state index in [0.717, 1.165) is 104 Å². The second-order valence-corrected chi connectivity index (χ2v) is 12.9. The van der Waals surface area contributed by atoms with Crippen LogP contribution >= 0.6 is 11.9 Å². The van der Waals surface area contributed by atoms with Crippen molar-refractivity contribution in [2.75, 3.05) is 86.6 Å². The third-order valence-electron chi connectivity index (χ3n) is 9.18. The van der Waals surface area contributed by atoms with Gasteiger partial charge < -0.3 is 29.5 Å². The number of likely N-dealkylation sites (N-methyl/N-ethyl adjacent to an activating group) is 1. The Morgan fingerprint density at radius 2 is 1.79 bits per heavy atom. The molecule has 1 aromatic carbocycles. The molecule has 12 nitrogen and oxygen atoms in total. The molecule has 2 aliphatic heterocycles. The van der Waals surface area contributed by atoms with Gasteiger partial charge in [0, 0.05) is 82.8 Å². The average molecular weight is 656 g/mol. The number of hydrogen-bond acceptors (Lipinski definition) is 13. The number of piperidine rings is 1. The van der Waals surface area contributed by atoms with Crippen molar-refractivity contribution in [3.05, 3.63) is 54.5 Å². The van der Waals surface area contributed by atoms with E-state index in [1.165, 1.54) is 0 Å². The number of piperazine rings is 1. The third kappa shape index (κ3) is 7.07. The third-order valence-corrected chi connectivity index (χ3v) is 9.91. The van der Waals surface area contributed by atoms with Gasteiger partial charge in [-0.05, 0) is 50.1 Å². The van der Waals surface area contributed by atoms with E-state index in [9.17, 15) is 0 Å². The molecule has 0 radical (unpaired) electrons. The molecule has 4 aromatic rings. The van der Waals surface area contributed by atoms with Crippen molar-refractivity contribution in [1.82, 2.24) is 34.7 Å². The quantitative estimate of drug-likeness (QED) is 0.200. The van der Waals surface area contributed by atoms with E-state index < -0.39 is 0 Å². The molecule has 3 aromatic heterocycles. The largest absolute Gasteiger partial charge is 0.479 e. The van der Waals surface area contributed by atoms with Gasteiger partial charge >= 0.3 is 0 Å². The summed E-state index contributed by atoms with van der Waals surface area (Å²) in [4.78, 5) is 31.1. The highest BCUT2D eigenvalue weighted by atomic mass is 32.2. The molecule has 2 N–H and O–H groups in total. The molecule has 0 aliphatic carbocycles.